The normalized spacial score (nSPS) is 10.4. The minimum atomic E-state index is 0.582. The van der Waals surface area contributed by atoms with Crippen LogP contribution >= 0.6 is 0 Å². The van der Waals surface area contributed by atoms with Crippen molar-refractivity contribution in [2.24, 2.45) is 0 Å². The van der Waals surface area contributed by atoms with Crippen LogP contribution in [0.4, 0.5) is 0 Å². The number of hydrogen-bond donors (Lipinski definition) is 0. The maximum Gasteiger partial charge on any atom is 0.227 e. The van der Waals surface area contributed by atoms with Gasteiger partial charge in [0.05, 0.1) is 17.8 Å². The van der Waals surface area contributed by atoms with E-state index in [4.69, 9.17) is 9.68 Å². The number of nitrogens with zero attached hydrogens (tertiary/aromatic N) is 2. The number of rotatable bonds is 3. The van der Waals surface area contributed by atoms with Crippen LogP contribution in [0.3, 0.4) is 0 Å². The van der Waals surface area contributed by atoms with Crippen molar-refractivity contribution < 1.29 is 4.42 Å². The van der Waals surface area contributed by atoms with Crippen molar-refractivity contribution in [2.45, 2.75) is 0 Å². The third kappa shape index (κ3) is 2.93. The standard InChI is InChI=1S/C22H14N2O/c23-14-16-10-12-18(13-11-16)21-15-24-22(25-21)20-9-5-4-8-19(20)17-6-2-1-3-7-17/h1-13,15H. The first-order chi connectivity index (χ1) is 12.3. The molecule has 1 heterocycles. The summed E-state index contributed by atoms with van der Waals surface area (Å²) in [5, 5.41) is 8.90. The van der Waals surface area contributed by atoms with E-state index in [2.05, 4.69) is 29.3 Å². The van der Waals surface area contributed by atoms with Crippen LogP contribution in [-0.2, 0) is 0 Å². The minimum absolute atomic E-state index is 0.582. The summed E-state index contributed by atoms with van der Waals surface area (Å²) in [7, 11) is 0. The van der Waals surface area contributed by atoms with Crippen molar-refractivity contribution in [3.05, 3.63) is 90.6 Å². The van der Waals surface area contributed by atoms with Gasteiger partial charge in [-0.05, 0) is 41.5 Å². The summed E-state index contributed by atoms with van der Waals surface area (Å²) in [5.41, 5.74) is 4.68. The average molecular weight is 322 g/mol. The van der Waals surface area contributed by atoms with Crippen LogP contribution in [0, 0.1) is 11.3 Å². The number of benzene rings is 3. The number of aromatic nitrogens is 1. The monoisotopic (exact) mass is 322 g/mol. The van der Waals surface area contributed by atoms with Gasteiger partial charge in [-0.1, -0.05) is 48.5 Å². The van der Waals surface area contributed by atoms with Gasteiger partial charge in [0.25, 0.3) is 0 Å². The Bertz CT molecular complexity index is 1040. The molecule has 0 saturated carbocycles. The molecule has 0 aliphatic rings. The zero-order chi connectivity index (χ0) is 17.1. The molecule has 0 fully saturated rings. The first kappa shape index (κ1) is 14.9. The van der Waals surface area contributed by atoms with Gasteiger partial charge in [-0.3, -0.25) is 0 Å². The largest absolute Gasteiger partial charge is 0.436 e. The van der Waals surface area contributed by atoms with E-state index in [9.17, 15) is 0 Å². The highest BCUT2D eigenvalue weighted by molar-refractivity contribution is 5.80. The lowest BCUT2D eigenvalue weighted by Gasteiger charge is -2.06. The molecular weight excluding hydrogens is 308 g/mol. The Kier molecular flexibility index (Phi) is 3.86. The smallest absolute Gasteiger partial charge is 0.227 e. The molecule has 4 rings (SSSR count). The van der Waals surface area contributed by atoms with E-state index >= 15 is 0 Å². The van der Waals surface area contributed by atoms with Crippen molar-refractivity contribution in [2.75, 3.05) is 0 Å². The van der Waals surface area contributed by atoms with E-state index in [1.165, 1.54) is 0 Å². The molecule has 3 aromatic carbocycles. The molecule has 0 bridgehead atoms. The Hall–Kier alpha value is -3.64. The molecule has 0 aliphatic heterocycles. The lowest BCUT2D eigenvalue weighted by atomic mass is 10.00. The fourth-order valence-corrected chi connectivity index (χ4v) is 2.78. The first-order valence-corrected chi connectivity index (χ1v) is 7.96. The number of hydrogen-bond acceptors (Lipinski definition) is 3. The van der Waals surface area contributed by atoms with Gasteiger partial charge in [-0.2, -0.15) is 5.26 Å². The highest BCUT2D eigenvalue weighted by Crippen LogP contribution is 2.33. The molecule has 0 amide bonds. The van der Waals surface area contributed by atoms with E-state index in [0.717, 1.165) is 22.3 Å². The summed E-state index contributed by atoms with van der Waals surface area (Å²) in [6.45, 7) is 0. The molecule has 3 nitrogen and oxygen atoms in total. The summed E-state index contributed by atoms with van der Waals surface area (Å²) in [6.07, 6.45) is 1.72. The average Bonchev–Trinajstić information content (AvgIpc) is 3.19. The summed E-state index contributed by atoms with van der Waals surface area (Å²) in [5.74, 6) is 1.26. The Balaban J connectivity index is 1.75. The molecular formula is C22H14N2O. The lowest BCUT2D eigenvalue weighted by molar-refractivity contribution is 0.589. The zero-order valence-electron chi connectivity index (χ0n) is 13.4. The highest BCUT2D eigenvalue weighted by Gasteiger charge is 2.13. The summed E-state index contributed by atoms with van der Waals surface area (Å²) < 4.78 is 6.00. The molecule has 0 radical (unpaired) electrons. The van der Waals surface area contributed by atoms with E-state index in [1.807, 2.05) is 48.5 Å². The highest BCUT2D eigenvalue weighted by atomic mass is 16.4. The van der Waals surface area contributed by atoms with Crippen LogP contribution in [0.25, 0.3) is 33.9 Å². The molecule has 25 heavy (non-hydrogen) atoms. The van der Waals surface area contributed by atoms with Gasteiger partial charge in [0.2, 0.25) is 5.89 Å². The van der Waals surface area contributed by atoms with Crippen LogP contribution in [0.1, 0.15) is 5.56 Å². The SMILES string of the molecule is N#Cc1ccc(-c2cnc(-c3ccccc3-c3ccccc3)o2)cc1. The summed E-state index contributed by atoms with van der Waals surface area (Å²) >= 11 is 0. The fourth-order valence-electron chi connectivity index (χ4n) is 2.78. The predicted octanol–water partition coefficient (Wildman–Crippen LogP) is 5.55. The molecule has 118 valence electrons. The van der Waals surface area contributed by atoms with Gasteiger partial charge in [-0.25, -0.2) is 4.98 Å². The van der Waals surface area contributed by atoms with Gasteiger partial charge < -0.3 is 4.42 Å². The van der Waals surface area contributed by atoms with Crippen LogP contribution in [0.15, 0.2) is 89.5 Å². The minimum Gasteiger partial charge on any atom is -0.436 e. The van der Waals surface area contributed by atoms with E-state index < -0.39 is 0 Å². The Morgan fingerprint density at radius 3 is 2.12 bits per heavy atom. The third-order valence-electron chi connectivity index (χ3n) is 4.05. The van der Waals surface area contributed by atoms with Gasteiger partial charge >= 0.3 is 0 Å². The molecule has 1 aromatic heterocycles. The molecule has 0 unspecified atom stereocenters. The molecule has 4 aromatic rings. The molecule has 0 saturated heterocycles. The first-order valence-electron chi connectivity index (χ1n) is 7.96. The van der Waals surface area contributed by atoms with E-state index in [1.54, 1.807) is 18.3 Å². The maximum absolute atomic E-state index is 8.90. The number of nitriles is 1. The van der Waals surface area contributed by atoms with Gasteiger partial charge in [0.15, 0.2) is 5.76 Å². The second-order valence-electron chi connectivity index (χ2n) is 5.63. The van der Waals surface area contributed by atoms with E-state index in [0.29, 0.717) is 17.2 Å². The van der Waals surface area contributed by atoms with Gasteiger partial charge in [0.1, 0.15) is 0 Å². The Morgan fingerprint density at radius 1 is 0.720 bits per heavy atom. The summed E-state index contributed by atoms with van der Waals surface area (Å²) in [4.78, 5) is 4.46. The Labute approximate surface area is 145 Å². The topological polar surface area (TPSA) is 49.8 Å². The van der Waals surface area contributed by atoms with Crippen molar-refractivity contribution in [1.29, 1.82) is 5.26 Å². The second kappa shape index (κ2) is 6.46. The van der Waals surface area contributed by atoms with Gasteiger partial charge in [-0.15, -0.1) is 0 Å². The number of oxazole rings is 1. The Morgan fingerprint density at radius 2 is 1.40 bits per heavy atom. The second-order valence-corrected chi connectivity index (χ2v) is 5.63. The fraction of sp³-hybridized carbons (Fsp3) is 0. The maximum atomic E-state index is 8.90. The van der Waals surface area contributed by atoms with Gasteiger partial charge in [0, 0.05) is 11.1 Å². The molecule has 0 aliphatic carbocycles. The van der Waals surface area contributed by atoms with E-state index in [-0.39, 0.29) is 0 Å². The van der Waals surface area contributed by atoms with Crippen molar-refractivity contribution in [1.82, 2.24) is 4.98 Å². The van der Waals surface area contributed by atoms with Crippen molar-refractivity contribution in [3.63, 3.8) is 0 Å². The zero-order valence-corrected chi connectivity index (χ0v) is 13.4. The van der Waals surface area contributed by atoms with Crippen LogP contribution < -0.4 is 0 Å². The molecule has 0 spiro atoms. The molecule has 0 atom stereocenters. The lowest BCUT2D eigenvalue weighted by Crippen LogP contribution is -1.84. The van der Waals surface area contributed by atoms with Crippen molar-refractivity contribution in [3.8, 4) is 40.0 Å². The quantitative estimate of drug-likeness (QED) is 0.497. The van der Waals surface area contributed by atoms with Crippen LogP contribution in [0.2, 0.25) is 0 Å². The van der Waals surface area contributed by atoms with Crippen LogP contribution in [0.5, 0.6) is 0 Å². The molecule has 0 N–H and O–H groups in total. The van der Waals surface area contributed by atoms with Crippen molar-refractivity contribution >= 4 is 0 Å². The summed E-state index contributed by atoms with van der Waals surface area (Å²) in [6, 6.07) is 27.6. The molecule has 3 heteroatoms. The van der Waals surface area contributed by atoms with Crippen LogP contribution in [-0.4, -0.2) is 4.98 Å². The third-order valence-corrected chi connectivity index (χ3v) is 4.05. The predicted molar refractivity (Wildman–Crippen MR) is 97.5 cm³/mol.